The lowest BCUT2D eigenvalue weighted by atomic mass is 9.66. The first-order chi connectivity index (χ1) is 25.8. The zero-order valence-electron chi connectivity index (χ0n) is 33.1. The maximum atomic E-state index is 14.4. The normalized spacial score (nSPS) is 31.0. The van der Waals surface area contributed by atoms with Gasteiger partial charge in [0.05, 0.1) is 38.1 Å². The zero-order valence-corrected chi connectivity index (χ0v) is 33.1. The number of ketones is 3. The Morgan fingerprint density at radius 3 is 1.36 bits per heavy atom. The van der Waals surface area contributed by atoms with Crippen molar-refractivity contribution in [2.24, 2.45) is 0 Å². The van der Waals surface area contributed by atoms with Crippen LogP contribution < -0.4 is 0 Å². The molecule has 5 fully saturated rings. The number of hydrogen-bond acceptors (Lipinski definition) is 9. The first-order valence-corrected chi connectivity index (χ1v) is 22.4. The van der Waals surface area contributed by atoms with Crippen LogP contribution in [0.3, 0.4) is 0 Å². The van der Waals surface area contributed by atoms with Crippen LogP contribution in [0, 0.1) is 0 Å². The molecule has 0 aromatic carbocycles. The molecule has 5 aliphatic rings. The predicted octanol–water partition coefficient (Wildman–Crippen LogP) is 8.60. The van der Waals surface area contributed by atoms with E-state index in [1.54, 1.807) is 0 Å². The number of hydrogen-bond donors (Lipinski definition) is 2. The smallest absolute Gasteiger partial charge is 0.192 e. The molecule has 2 N–H and O–H groups in total. The van der Waals surface area contributed by atoms with Crippen LogP contribution in [0.15, 0.2) is 0 Å². The van der Waals surface area contributed by atoms with Gasteiger partial charge in [-0.2, -0.15) is 0 Å². The van der Waals surface area contributed by atoms with Crippen molar-refractivity contribution in [2.75, 3.05) is 19.8 Å². The number of epoxide rings is 4. The Bertz CT molecular complexity index is 1120. The van der Waals surface area contributed by atoms with Crippen LogP contribution in [0.2, 0.25) is 0 Å². The highest BCUT2D eigenvalue weighted by Gasteiger charge is 2.85. The molecule has 4 saturated heterocycles. The van der Waals surface area contributed by atoms with Gasteiger partial charge in [0.2, 0.25) is 0 Å². The summed E-state index contributed by atoms with van der Waals surface area (Å²) < 4.78 is 22.4. The lowest BCUT2D eigenvalue weighted by Crippen LogP contribution is -2.61. The molecule has 0 aromatic rings. The van der Waals surface area contributed by atoms with E-state index in [1.165, 1.54) is 12.8 Å². The third-order valence-electron chi connectivity index (χ3n) is 13.0. The van der Waals surface area contributed by atoms with Crippen LogP contribution in [0.25, 0.3) is 0 Å². The van der Waals surface area contributed by atoms with E-state index >= 15 is 0 Å². The molecule has 53 heavy (non-hydrogen) atoms. The minimum Gasteiger partial charge on any atom is -0.382 e. The number of Topliss-reactive ketones (excluding diaryl/α,β-unsaturated/α-hetero) is 3. The monoisotopic (exact) mass is 747 g/mol. The molecule has 9 nitrogen and oxygen atoms in total. The number of aliphatic hydroxyl groups is 2. The number of rotatable bonds is 31. The fraction of sp³-hybridized carbons (Fsp3) is 0.932. The molecule has 1 aliphatic carbocycles. The van der Waals surface area contributed by atoms with Gasteiger partial charge in [-0.1, -0.05) is 128 Å². The van der Waals surface area contributed by atoms with Gasteiger partial charge in [-0.15, -0.1) is 0 Å². The fourth-order valence-corrected chi connectivity index (χ4v) is 9.22. The van der Waals surface area contributed by atoms with Gasteiger partial charge in [0.25, 0.3) is 0 Å². The van der Waals surface area contributed by atoms with Gasteiger partial charge in [0.15, 0.2) is 34.7 Å². The highest BCUT2D eigenvalue weighted by atomic mass is 16.7. The largest absolute Gasteiger partial charge is 0.382 e. The molecule has 7 unspecified atom stereocenters. The first-order valence-electron chi connectivity index (χ1n) is 22.4. The van der Waals surface area contributed by atoms with Crippen LogP contribution >= 0.6 is 0 Å². The molecule has 0 aromatic heterocycles. The summed E-state index contributed by atoms with van der Waals surface area (Å²) in [5, 5.41) is 24.5. The van der Waals surface area contributed by atoms with Gasteiger partial charge in [-0.05, 0) is 51.4 Å². The molecule has 304 valence electrons. The Morgan fingerprint density at radius 2 is 0.887 bits per heavy atom. The minimum atomic E-state index is -1.91. The molecule has 7 atom stereocenters. The molecule has 4 aliphatic heterocycles. The molecule has 1 spiro atoms. The van der Waals surface area contributed by atoms with Crippen molar-refractivity contribution in [1.29, 1.82) is 0 Å². The van der Waals surface area contributed by atoms with Crippen molar-refractivity contribution < 1.29 is 43.5 Å². The van der Waals surface area contributed by atoms with Gasteiger partial charge in [-0.25, -0.2) is 0 Å². The summed E-state index contributed by atoms with van der Waals surface area (Å²) in [5.41, 5.74) is -5.33. The Balaban J connectivity index is 1.19. The van der Waals surface area contributed by atoms with E-state index in [-0.39, 0.29) is 37.2 Å². The van der Waals surface area contributed by atoms with E-state index < -0.39 is 28.7 Å². The van der Waals surface area contributed by atoms with E-state index in [1.807, 2.05) is 0 Å². The summed E-state index contributed by atoms with van der Waals surface area (Å²) in [6.07, 6.45) is 26.3. The molecular formula is C44H74O9. The predicted molar refractivity (Wildman–Crippen MR) is 205 cm³/mol. The second kappa shape index (κ2) is 21.9. The standard InChI is InChI=1S/C44H74O9/c45-38(27-19-11-4-1-8-16-24-35-32-50-35)41(48)44(40(47)29-21-13-6-3-10-18-26-37-34-52-37)43(53-44)31-23-15-7-14-22-30-42(43,49)39(46)28-20-12-5-2-9-17-25-36-33-51-36/h35-37,41,48-49H,1-34H2. The number of ether oxygens (including phenoxy) is 4. The molecular weight excluding hydrogens is 672 g/mol. The van der Waals surface area contributed by atoms with Crippen molar-refractivity contribution in [1.82, 2.24) is 0 Å². The third-order valence-corrected chi connectivity index (χ3v) is 13.0. The van der Waals surface area contributed by atoms with E-state index in [2.05, 4.69) is 0 Å². The summed E-state index contributed by atoms with van der Waals surface area (Å²) in [6, 6.07) is 0. The average Bonchev–Trinajstić information content (AvgIpc) is 3.94. The second-order valence-electron chi connectivity index (χ2n) is 17.4. The molecule has 0 bridgehead atoms. The summed E-state index contributed by atoms with van der Waals surface area (Å²) in [5.74, 6) is -1.00. The Kier molecular flexibility index (Phi) is 17.7. The highest BCUT2D eigenvalue weighted by molar-refractivity contribution is 6.02. The topological polar surface area (TPSA) is 142 Å². The molecule has 0 amide bonds. The van der Waals surface area contributed by atoms with Crippen LogP contribution in [0.4, 0.5) is 0 Å². The Morgan fingerprint density at radius 1 is 0.509 bits per heavy atom. The molecule has 1 saturated carbocycles. The molecule has 4 heterocycles. The van der Waals surface area contributed by atoms with Crippen molar-refractivity contribution >= 4 is 17.3 Å². The minimum absolute atomic E-state index is 0.164. The lowest BCUT2D eigenvalue weighted by Gasteiger charge is -2.36. The summed E-state index contributed by atoms with van der Waals surface area (Å²) in [6.45, 7) is 2.71. The van der Waals surface area contributed by atoms with Crippen LogP contribution in [-0.2, 0) is 33.3 Å². The zero-order chi connectivity index (χ0) is 37.4. The van der Waals surface area contributed by atoms with E-state index in [9.17, 15) is 24.6 Å². The van der Waals surface area contributed by atoms with Crippen LogP contribution in [0.5, 0.6) is 0 Å². The van der Waals surface area contributed by atoms with Crippen LogP contribution in [-0.4, -0.2) is 88.6 Å². The fourth-order valence-electron chi connectivity index (χ4n) is 9.22. The Hall–Kier alpha value is -1.23. The summed E-state index contributed by atoms with van der Waals surface area (Å²) in [4.78, 5) is 42.4. The maximum absolute atomic E-state index is 14.4. The molecule has 0 radical (unpaired) electrons. The summed E-state index contributed by atoms with van der Waals surface area (Å²) in [7, 11) is 0. The van der Waals surface area contributed by atoms with Crippen molar-refractivity contribution in [2.45, 2.75) is 240 Å². The quantitative estimate of drug-likeness (QED) is 0.0527. The SMILES string of the molecule is O=C(CCCCCCCCC1CO1)C(O)C1(C(=O)CCCCCCCCC2CO2)OC12CCCCCCCC2(O)C(=O)CCCCCCCCC1CO1. The van der Waals surface area contributed by atoms with Gasteiger partial charge in [0.1, 0.15) is 5.60 Å². The van der Waals surface area contributed by atoms with Gasteiger partial charge >= 0.3 is 0 Å². The van der Waals surface area contributed by atoms with Crippen molar-refractivity contribution in [3.8, 4) is 0 Å². The molecule has 9 heteroatoms. The van der Waals surface area contributed by atoms with Gasteiger partial charge < -0.3 is 29.2 Å². The maximum Gasteiger partial charge on any atom is 0.192 e. The third kappa shape index (κ3) is 12.9. The number of unbranched alkanes of at least 4 members (excludes halogenated alkanes) is 15. The van der Waals surface area contributed by atoms with Crippen molar-refractivity contribution in [3.63, 3.8) is 0 Å². The van der Waals surface area contributed by atoms with E-state index in [0.29, 0.717) is 56.8 Å². The van der Waals surface area contributed by atoms with E-state index in [0.717, 1.165) is 142 Å². The first kappa shape index (κ1) is 42.9. The van der Waals surface area contributed by atoms with Crippen molar-refractivity contribution in [3.05, 3.63) is 0 Å². The second-order valence-corrected chi connectivity index (χ2v) is 17.4. The summed E-state index contributed by atoms with van der Waals surface area (Å²) >= 11 is 0. The number of carbonyl (C=O) groups is 3. The van der Waals surface area contributed by atoms with Gasteiger partial charge in [-0.3, -0.25) is 14.4 Å². The molecule has 5 rings (SSSR count). The lowest BCUT2D eigenvalue weighted by molar-refractivity contribution is -0.149. The van der Waals surface area contributed by atoms with Crippen LogP contribution in [0.1, 0.15) is 199 Å². The highest BCUT2D eigenvalue weighted by Crippen LogP contribution is 2.63. The number of aliphatic hydroxyl groups excluding tert-OH is 1. The average molecular weight is 747 g/mol. The van der Waals surface area contributed by atoms with Gasteiger partial charge in [0, 0.05) is 19.3 Å². The number of carbonyl (C=O) groups excluding carboxylic acids is 3. The van der Waals surface area contributed by atoms with E-state index in [4.69, 9.17) is 18.9 Å². The Labute approximate surface area is 320 Å².